The number of hydrogen-bond donors (Lipinski definition) is 5. The predicted octanol–water partition coefficient (Wildman–Crippen LogP) is 2.63. The van der Waals surface area contributed by atoms with Gasteiger partial charge in [-0.1, -0.05) is 91.6 Å². The van der Waals surface area contributed by atoms with Crippen molar-refractivity contribution >= 4 is 53.2 Å². The van der Waals surface area contributed by atoms with Gasteiger partial charge in [0.05, 0.1) is 42.7 Å². The van der Waals surface area contributed by atoms with Gasteiger partial charge in [-0.3, -0.25) is 63.8 Å². The summed E-state index contributed by atoms with van der Waals surface area (Å²) in [6.45, 7) is 14.3. The van der Waals surface area contributed by atoms with Gasteiger partial charge >= 0.3 is 0 Å². The number of hydrogen-bond acceptors (Lipinski definition) is 12. The van der Waals surface area contributed by atoms with Crippen molar-refractivity contribution < 1.29 is 52.6 Å². The molecule has 408 valence electrons. The largest absolute Gasteiger partial charge is 0.379 e. The van der Waals surface area contributed by atoms with Crippen LogP contribution in [0.15, 0.2) is 42.5 Å². The number of imide groups is 1. The number of nitrogens with zero attached hydrogens (tertiary/aromatic N) is 4. The van der Waals surface area contributed by atoms with Gasteiger partial charge in [0.15, 0.2) is 0 Å². The highest BCUT2D eigenvalue weighted by atomic mass is 16.5. The van der Waals surface area contributed by atoms with Gasteiger partial charge in [-0.15, -0.1) is 0 Å². The highest BCUT2D eigenvalue weighted by Crippen LogP contribution is 2.30. The number of ether oxygens (including phenoxy) is 2. The Labute approximate surface area is 432 Å². The first-order valence-electron chi connectivity index (χ1n) is 25.9. The fourth-order valence-electron chi connectivity index (χ4n) is 9.94. The first-order valence-corrected chi connectivity index (χ1v) is 25.9. The number of nitrogens with two attached hydrogens (primary N) is 1. The summed E-state index contributed by atoms with van der Waals surface area (Å²) < 4.78 is 12.0. The molecule has 6 N–H and O–H groups in total. The van der Waals surface area contributed by atoms with Crippen LogP contribution in [0.25, 0.3) is 0 Å². The number of carbonyl (C=O) groups excluding carboxylic acids is 9. The van der Waals surface area contributed by atoms with Crippen molar-refractivity contribution in [3.05, 3.63) is 48.0 Å². The van der Waals surface area contributed by atoms with E-state index in [9.17, 15) is 43.2 Å². The maximum absolute atomic E-state index is 14.6. The molecular weight excluding hydrogens is 939 g/mol. The van der Waals surface area contributed by atoms with Crippen LogP contribution >= 0.6 is 0 Å². The minimum absolute atomic E-state index is 0.0616. The van der Waals surface area contributed by atoms with Gasteiger partial charge in [-0.2, -0.15) is 0 Å². The molecule has 73 heavy (non-hydrogen) atoms. The summed E-state index contributed by atoms with van der Waals surface area (Å²) in [5.74, 6) is -4.76. The first-order chi connectivity index (χ1) is 34.6. The number of methoxy groups -OCH3 is 2. The summed E-state index contributed by atoms with van der Waals surface area (Å²) in [6, 6.07) is 5.73. The van der Waals surface area contributed by atoms with Gasteiger partial charge in [-0.05, 0) is 69.0 Å². The lowest BCUT2D eigenvalue weighted by molar-refractivity contribution is -0.148. The summed E-state index contributed by atoms with van der Waals surface area (Å²) in [6.07, 6.45) is 5.46. The minimum Gasteiger partial charge on any atom is -0.379 e. The van der Waals surface area contributed by atoms with E-state index in [4.69, 9.17) is 15.2 Å². The molecule has 2 heterocycles. The maximum atomic E-state index is 14.6. The molecule has 2 aliphatic heterocycles. The third kappa shape index (κ3) is 18.3. The molecule has 3 rings (SSSR count). The first kappa shape index (κ1) is 61.6. The molecule has 1 aromatic carbocycles. The van der Waals surface area contributed by atoms with Crippen LogP contribution in [-0.2, 0) is 59.0 Å². The molecule has 0 aromatic heterocycles. The fraction of sp³-hybridized carbons (Fsp3) is 0.679. The third-order valence-electron chi connectivity index (χ3n) is 14.2. The molecule has 20 nitrogen and oxygen atoms in total. The highest BCUT2D eigenvalue weighted by Gasteiger charge is 2.43. The van der Waals surface area contributed by atoms with E-state index in [0.717, 1.165) is 10.5 Å². The van der Waals surface area contributed by atoms with Crippen molar-refractivity contribution in [1.29, 1.82) is 0 Å². The maximum Gasteiger partial charge on any atom is 0.253 e. The number of likely N-dealkylation sites (tertiary alicyclic amines) is 1. The Kier molecular flexibility index (Phi) is 25.7. The second-order valence-corrected chi connectivity index (χ2v) is 20.3. The van der Waals surface area contributed by atoms with Gasteiger partial charge in [0, 0.05) is 65.8 Å². The van der Waals surface area contributed by atoms with Crippen LogP contribution in [0.5, 0.6) is 0 Å². The van der Waals surface area contributed by atoms with Crippen LogP contribution in [0, 0.1) is 23.7 Å². The fourth-order valence-corrected chi connectivity index (χ4v) is 9.94. The zero-order valence-corrected chi connectivity index (χ0v) is 45.1. The number of benzene rings is 1. The van der Waals surface area contributed by atoms with E-state index in [1.165, 1.54) is 26.4 Å². The van der Waals surface area contributed by atoms with Crippen LogP contribution in [-0.4, -0.2) is 163 Å². The average Bonchev–Trinajstić information content (AvgIpc) is 3.97. The lowest BCUT2D eigenvalue weighted by atomic mass is 9.89. The summed E-state index contributed by atoms with van der Waals surface area (Å²) >= 11 is 0. The zero-order chi connectivity index (χ0) is 54.5. The van der Waals surface area contributed by atoms with Gasteiger partial charge in [-0.25, -0.2) is 0 Å². The summed E-state index contributed by atoms with van der Waals surface area (Å²) in [7, 11) is 6.48. The minimum atomic E-state index is -0.942. The second kappa shape index (κ2) is 30.5. The SMILES string of the molecule is CCC(C)C(C(CC(=O)N1CCC[C@H]1C(OC)C(C)C(=O)NC(Cc1ccccc1)C(N)=O)OC)N(C)C(=O)C(NC(=O)C(C(C)C)N(C)CCCC(=O)NNC(=O)CCCCCN1C(=O)C=CC1=O)C(C)C. The Morgan fingerprint density at radius 3 is 1.96 bits per heavy atom. The van der Waals surface area contributed by atoms with Gasteiger partial charge in [0.1, 0.15) is 12.1 Å². The Bertz CT molecular complexity index is 2030. The summed E-state index contributed by atoms with van der Waals surface area (Å²) in [5.41, 5.74) is 11.4. The van der Waals surface area contributed by atoms with Gasteiger partial charge in [0.2, 0.25) is 41.4 Å². The van der Waals surface area contributed by atoms with Gasteiger partial charge in [0.25, 0.3) is 11.8 Å². The molecule has 1 saturated heterocycles. The van der Waals surface area contributed by atoms with Crippen molar-refractivity contribution in [2.45, 2.75) is 162 Å². The summed E-state index contributed by atoms with van der Waals surface area (Å²) in [4.78, 5) is 124. The Hall–Kier alpha value is -5.73. The van der Waals surface area contributed by atoms with Crippen LogP contribution in [0.3, 0.4) is 0 Å². The molecule has 1 fully saturated rings. The number of primary amides is 1. The van der Waals surface area contributed by atoms with Crippen molar-refractivity contribution in [2.24, 2.45) is 29.4 Å². The van der Waals surface area contributed by atoms with E-state index in [-0.39, 0.29) is 85.4 Å². The molecule has 1 aromatic rings. The topological polar surface area (TPSA) is 259 Å². The molecule has 9 atom stereocenters. The van der Waals surface area contributed by atoms with Crippen LogP contribution in [0.4, 0.5) is 0 Å². The smallest absolute Gasteiger partial charge is 0.253 e. The van der Waals surface area contributed by atoms with E-state index in [2.05, 4.69) is 21.5 Å². The number of likely N-dealkylation sites (N-methyl/N-ethyl adjacent to an activating group) is 2. The predicted molar refractivity (Wildman–Crippen MR) is 275 cm³/mol. The van der Waals surface area contributed by atoms with E-state index in [1.807, 2.05) is 76.8 Å². The lowest BCUT2D eigenvalue weighted by Gasteiger charge is -2.41. The normalized spacial score (nSPS) is 18.0. The third-order valence-corrected chi connectivity index (χ3v) is 14.2. The molecule has 8 unspecified atom stereocenters. The van der Waals surface area contributed by atoms with Crippen molar-refractivity contribution in [3.8, 4) is 0 Å². The number of nitrogens with one attached hydrogen (secondary N) is 4. The molecule has 20 heteroatoms. The molecule has 2 aliphatic rings. The molecule has 9 amide bonds. The van der Waals surface area contributed by atoms with Crippen molar-refractivity contribution in [3.63, 3.8) is 0 Å². The molecule has 0 saturated carbocycles. The number of amides is 9. The van der Waals surface area contributed by atoms with E-state index in [0.29, 0.717) is 58.0 Å². The summed E-state index contributed by atoms with van der Waals surface area (Å²) in [5, 5.41) is 5.84. The van der Waals surface area contributed by atoms with E-state index in [1.54, 1.807) is 30.8 Å². The molecule has 0 spiro atoms. The molecule has 0 aliphatic carbocycles. The standard InChI is InChI=1S/C53H85N9O11/c1-12-35(6)48(40(72-10)32-45(67)61-30-19-23-39(61)49(73-11)36(7)51(69)55-38(50(54)68)31-37-21-15-13-16-22-37)60(9)53(71)46(33(2)3)56-52(70)47(34(4)5)59(8)28-20-25-42(64)58-57-41(63)24-17-14-18-29-62-43(65)26-27-44(62)66/h13,15-16,21-22,26-27,33-36,38-40,46-49H,12,14,17-20,23-25,28-32H2,1-11H3,(H2,54,68)(H,55,69)(H,56,70)(H,57,63)(H,58,64)/t35?,36?,38?,39-,40?,46?,47?,48?,49?/m0/s1. The van der Waals surface area contributed by atoms with Gasteiger partial charge < -0.3 is 35.6 Å². The van der Waals surface area contributed by atoms with Crippen LogP contribution < -0.4 is 27.2 Å². The molecule has 0 bridgehead atoms. The van der Waals surface area contributed by atoms with Crippen LogP contribution in [0.2, 0.25) is 0 Å². The Balaban J connectivity index is 1.60. The number of unbranched alkanes of at least 4 members (excludes halogenated alkanes) is 2. The average molecular weight is 1020 g/mol. The van der Waals surface area contributed by atoms with Crippen LogP contribution in [0.1, 0.15) is 118 Å². The van der Waals surface area contributed by atoms with E-state index < -0.39 is 66.1 Å². The van der Waals surface area contributed by atoms with Crippen molar-refractivity contribution in [1.82, 2.24) is 41.1 Å². The number of rotatable bonds is 31. The number of hydrazine groups is 1. The molecular formula is C53H85N9O11. The zero-order valence-electron chi connectivity index (χ0n) is 45.1. The quantitative estimate of drug-likeness (QED) is 0.0409. The second-order valence-electron chi connectivity index (χ2n) is 20.3. The van der Waals surface area contributed by atoms with Crippen molar-refractivity contribution in [2.75, 3.05) is 47.9 Å². The van der Waals surface area contributed by atoms with E-state index >= 15 is 0 Å². The Morgan fingerprint density at radius 2 is 1.41 bits per heavy atom. The Morgan fingerprint density at radius 1 is 0.795 bits per heavy atom. The molecule has 0 radical (unpaired) electrons. The highest BCUT2D eigenvalue weighted by molar-refractivity contribution is 6.12. The monoisotopic (exact) mass is 1020 g/mol. The lowest BCUT2D eigenvalue weighted by Crippen LogP contribution is -2.60. The number of carbonyl (C=O) groups is 9.